The summed E-state index contributed by atoms with van der Waals surface area (Å²) < 4.78 is 12.4. The molecule has 0 aromatic heterocycles. The highest BCUT2D eigenvalue weighted by atomic mass is 79.9. The van der Waals surface area contributed by atoms with Gasteiger partial charge in [-0.1, -0.05) is 45.7 Å². The van der Waals surface area contributed by atoms with E-state index in [9.17, 15) is 4.79 Å². The van der Waals surface area contributed by atoms with Crippen molar-refractivity contribution in [1.29, 1.82) is 0 Å². The minimum absolute atomic E-state index is 0.205. The summed E-state index contributed by atoms with van der Waals surface area (Å²) in [5.74, 6) is 1.11. The molecule has 8 heteroatoms. The van der Waals surface area contributed by atoms with Crippen LogP contribution in [0.3, 0.4) is 0 Å². The first-order valence-electron chi connectivity index (χ1n) is 10.6. The average molecular weight is 558 g/mol. The number of amides is 1. The highest BCUT2D eigenvalue weighted by Crippen LogP contribution is 2.31. The molecule has 0 unspecified atom stereocenters. The number of thiocarbonyl (C=S) groups is 1. The van der Waals surface area contributed by atoms with Crippen LogP contribution < -0.4 is 14.4 Å². The van der Waals surface area contributed by atoms with Crippen molar-refractivity contribution in [2.24, 2.45) is 0 Å². The third-order valence-electron chi connectivity index (χ3n) is 5.23. The van der Waals surface area contributed by atoms with E-state index in [4.69, 9.17) is 33.3 Å². The summed E-state index contributed by atoms with van der Waals surface area (Å²) in [4.78, 5) is 16.4. The van der Waals surface area contributed by atoms with Crippen LogP contribution in [0.1, 0.15) is 18.1 Å². The molecular weight excluding hydrogens is 536 g/mol. The largest absolute Gasteiger partial charge is 0.494 e. The molecule has 34 heavy (non-hydrogen) atoms. The maximum atomic E-state index is 13.2. The Labute approximate surface area is 217 Å². The fraction of sp³-hybridized carbons (Fsp3) is 0.154. The third-order valence-corrected chi connectivity index (χ3v) is 6.52. The first kappa shape index (κ1) is 24.3. The number of hydrogen-bond donors (Lipinski definition) is 0. The van der Waals surface area contributed by atoms with Gasteiger partial charge in [0.15, 0.2) is 5.11 Å². The second kappa shape index (κ2) is 10.6. The van der Waals surface area contributed by atoms with Gasteiger partial charge in [0, 0.05) is 11.5 Å². The summed E-state index contributed by atoms with van der Waals surface area (Å²) >= 11 is 15.4. The molecule has 1 heterocycles. The predicted octanol–water partition coefficient (Wildman–Crippen LogP) is 6.68. The Balaban J connectivity index is 1.51. The standard InChI is InChI=1S/C26H22BrClN2O3S/c1-3-32-21-11-9-20(10-12-21)30-25(31)23(29(2)26(30)34)15-18-6-13-24(22(28)14-18)33-16-17-4-7-19(27)8-5-17/h4-15H,3,16H2,1-2H3/b23-15-. The zero-order valence-corrected chi connectivity index (χ0v) is 21.8. The van der Waals surface area contributed by atoms with Crippen LogP contribution in [0.15, 0.2) is 76.9 Å². The summed E-state index contributed by atoms with van der Waals surface area (Å²) in [6.45, 7) is 2.90. The first-order chi connectivity index (χ1) is 16.4. The molecule has 0 aliphatic carbocycles. The number of anilines is 1. The van der Waals surface area contributed by atoms with Crippen LogP contribution in [0.5, 0.6) is 11.5 Å². The minimum Gasteiger partial charge on any atom is -0.494 e. The lowest BCUT2D eigenvalue weighted by molar-refractivity contribution is -0.114. The minimum atomic E-state index is -0.205. The van der Waals surface area contributed by atoms with Gasteiger partial charge in [-0.3, -0.25) is 9.69 Å². The van der Waals surface area contributed by atoms with E-state index >= 15 is 0 Å². The first-order valence-corrected chi connectivity index (χ1v) is 12.2. The van der Waals surface area contributed by atoms with Crippen molar-refractivity contribution >= 4 is 62.5 Å². The number of nitrogens with zero attached hydrogens (tertiary/aromatic N) is 2. The number of benzene rings is 3. The lowest BCUT2D eigenvalue weighted by Crippen LogP contribution is -2.31. The summed E-state index contributed by atoms with van der Waals surface area (Å²) in [6, 6.07) is 20.6. The zero-order valence-electron chi connectivity index (χ0n) is 18.6. The Hall–Kier alpha value is -2.87. The summed E-state index contributed by atoms with van der Waals surface area (Å²) in [5.41, 5.74) is 2.95. The van der Waals surface area contributed by atoms with Crippen molar-refractivity contribution in [2.45, 2.75) is 13.5 Å². The summed E-state index contributed by atoms with van der Waals surface area (Å²) in [7, 11) is 1.78. The Morgan fingerprint density at radius 3 is 2.38 bits per heavy atom. The van der Waals surface area contributed by atoms with Crippen molar-refractivity contribution in [3.63, 3.8) is 0 Å². The van der Waals surface area contributed by atoms with Crippen molar-refractivity contribution in [3.8, 4) is 11.5 Å². The van der Waals surface area contributed by atoms with E-state index < -0.39 is 0 Å². The quantitative estimate of drug-likeness (QED) is 0.239. The van der Waals surface area contributed by atoms with Gasteiger partial charge >= 0.3 is 0 Å². The molecule has 3 aromatic rings. The number of carbonyl (C=O) groups excluding carboxylic acids is 1. The van der Waals surface area contributed by atoms with Gasteiger partial charge in [0.2, 0.25) is 0 Å². The lowest BCUT2D eigenvalue weighted by Gasteiger charge is -2.16. The number of hydrogen-bond acceptors (Lipinski definition) is 4. The van der Waals surface area contributed by atoms with Gasteiger partial charge in [0.05, 0.1) is 17.3 Å². The van der Waals surface area contributed by atoms with E-state index in [2.05, 4.69) is 15.9 Å². The number of halogens is 2. The molecule has 0 saturated carbocycles. The Kier molecular flexibility index (Phi) is 7.56. The van der Waals surface area contributed by atoms with Gasteiger partial charge in [-0.2, -0.15) is 0 Å². The van der Waals surface area contributed by atoms with Crippen molar-refractivity contribution in [1.82, 2.24) is 4.90 Å². The number of ether oxygens (including phenoxy) is 2. The molecule has 0 spiro atoms. The van der Waals surface area contributed by atoms with Gasteiger partial charge in [-0.15, -0.1) is 0 Å². The van der Waals surface area contributed by atoms with Gasteiger partial charge < -0.3 is 14.4 Å². The smallest absolute Gasteiger partial charge is 0.281 e. The fourth-order valence-corrected chi connectivity index (χ4v) is 4.26. The molecule has 1 saturated heterocycles. The topological polar surface area (TPSA) is 42.0 Å². The van der Waals surface area contributed by atoms with Crippen molar-refractivity contribution in [3.05, 3.63) is 93.0 Å². The van der Waals surface area contributed by atoms with E-state index in [1.54, 1.807) is 30.2 Å². The van der Waals surface area contributed by atoms with E-state index in [-0.39, 0.29) is 5.91 Å². The second-order valence-electron chi connectivity index (χ2n) is 7.54. The van der Waals surface area contributed by atoms with Gasteiger partial charge in [-0.05, 0) is 84.9 Å². The van der Waals surface area contributed by atoms with Crippen molar-refractivity contribution < 1.29 is 14.3 Å². The number of carbonyl (C=O) groups is 1. The highest BCUT2D eigenvalue weighted by molar-refractivity contribution is 9.10. The summed E-state index contributed by atoms with van der Waals surface area (Å²) in [5, 5.41) is 0.867. The third kappa shape index (κ3) is 5.27. The highest BCUT2D eigenvalue weighted by Gasteiger charge is 2.36. The monoisotopic (exact) mass is 556 g/mol. The molecule has 1 fully saturated rings. The van der Waals surface area contributed by atoms with E-state index in [0.29, 0.717) is 40.5 Å². The van der Waals surface area contributed by atoms with Crippen LogP contribution in [-0.2, 0) is 11.4 Å². The number of rotatable bonds is 7. The van der Waals surface area contributed by atoms with E-state index in [1.807, 2.05) is 61.5 Å². The van der Waals surface area contributed by atoms with Gasteiger partial charge in [0.25, 0.3) is 5.91 Å². The zero-order chi connectivity index (χ0) is 24.2. The maximum Gasteiger partial charge on any atom is 0.281 e. The molecule has 174 valence electrons. The van der Waals surface area contributed by atoms with Crippen LogP contribution >= 0.6 is 39.7 Å². The number of likely N-dealkylation sites (N-methyl/N-ethyl adjacent to an activating group) is 1. The van der Waals surface area contributed by atoms with Crippen LogP contribution in [0.2, 0.25) is 5.02 Å². The maximum absolute atomic E-state index is 13.2. The molecule has 5 nitrogen and oxygen atoms in total. The average Bonchev–Trinajstić information content (AvgIpc) is 3.03. The van der Waals surface area contributed by atoms with Crippen molar-refractivity contribution in [2.75, 3.05) is 18.6 Å². The Bertz CT molecular complexity index is 1250. The SMILES string of the molecule is CCOc1ccc(N2C(=O)/C(=C/c3ccc(OCc4ccc(Br)cc4)c(Cl)c3)N(C)C2=S)cc1. The Morgan fingerprint density at radius 1 is 1.03 bits per heavy atom. The fourth-order valence-electron chi connectivity index (χ4n) is 3.47. The second-order valence-corrected chi connectivity index (χ2v) is 9.23. The molecule has 0 radical (unpaired) electrons. The Morgan fingerprint density at radius 2 is 1.74 bits per heavy atom. The van der Waals surface area contributed by atoms with Gasteiger partial charge in [0.1, 0.15) is 23.8 Å². The van der Waals surface area contributed by atoms with E-state index in [1.165, 1.54) is 4.90 Å². The molecule has 1 aliphatic rings. The molecular formula is C26H22BrClN2O3S. The molecule has 3 aromatic carbocycles. The molecule has 0 bridgehead atoms. The van der Waals surface area contributed by atoms with Gasteiger partial charge in [-0.25, -0.2) is 0 Å². The summed E-state index contributed by atoms with van der Waals surface area (Å²) in [6.07, 6.45) is 1.77. The molecule has 1 amide bonds. The molecule has 0 atom stereocenters. The molecule has 1 aliphatic heterocycles. The lowest BCUT2D eigenvalue weighted by atomic mass is 10.1. The van der Waals surface area contributed by atoms with Crippen LogP contribution in [0.25, 0.3) is 6.08 Å². The van der Waals surface area contributed by atoms with Crippen LogP contribution in [-0.4, -0.2) is 29.6 Å². The van der Waals surface area contributed by atoms with Crippen LogP contribution in [0, 0.1) is 0 Å². The molecule has 0 N–H and O–H groups in total. The predicted molar refractivity (Wildman–Crippen MR) is 143 cm³/mol. The normalized spacial score (nSPS) is 14.8. The van der Waals surface area contributed by atoms with Crippen LogP contribution in [0.4, 0.5) is 5.69 Å². The molecule has 4 rings (SSSR count). The van der Waals surface area contributed by atoms with E-state index in [0.717, 1.165) is 21.3 Å².